The van der Waals surface area contributed by atoms with Gasteiger partial charge in [0.2, 0.25) is 0 Å². The van der Waals surface area contributed by atoms with E-state index in [1.165, 1.54) is 11.1 Å². The van der Waals surface area contributed by atoms with E-state index in [1.807, 2.05) is 6.07 Å². The van der Waals surface area contributed by atoms with Crippen molar-refractivity contribution in [3.63, 3.8) is 0 Å². The lowest BCUT2D eigenvalue weighted by Crippen LogP contribution is -1.96. The fraction of sp³-hybridized carbons (Fsp3) is 0.308. The van der Waals surface area contributed by atoms with Gasteiger partial charge >= 0.3 is 0 Å². The summed E-state index contributed by atoms with van der Waals surface area (Å²) in [5.74, 6) is 0.822. The summed E-state index contributed by atoms with van der Waals surface area (Å²) in [7, 11) is 1.67. The Morgan fingerprint density at radius 2 is 2.06 bits per heavy atom. The molecule has 5 heteroatoms. The minimum atomic E-state index is 0.517. The molecule has 1 aromatic heterocycles. The summed E-state index contributed by atoms with van der Waals surface area (Å²) in [5, 5.41) is 4.10. The molecule has 3 N–H and O–H groups in total. The monoisotopic (exact) mass is 263 g/mol. The van der Waals surface area contributed by atoms with Crippen LogP contribution in [0.3, 0.4) is 0 Å². The fourth-order valence-electron chi connectivity index (χ4n) is 1.63. The molecular weight excluding hydrogens is 246 g/mol. The highest BCUT2D eigenvalue weighted by Crippen LogP contribution is 2.31. The van der Waals surface area contributed by atoms with Crippen LogP contribution in [0.1, 0.15) is 16.0 Å². The zero-order valence-electron chi connectivity index (χ0n) is 10.8. The van der Waals surface area contributed by atoms with E-state index >= 15 is 0 Å². The summed E-state index contributed by atoms with van der Waals surface area (Å²) < 4.78 is 5.38. The summed E-state index contributed by atoms with van der Waals surface area (Å²) in [6.07, 6.45) is 1.79. The largest absolute Gasteiger partial charge is 0.495 e. The Kier molecular flexibility index (Phi) is 3.84. The second kappa shape index (κ2) is 5.37. The lowest BCUT2D eigenvalue weighted by molar-refractivity contribution is 0.416. The van der Waals surface area contributed by atoms with E-state index in [0.717, 1.165) is 21.4 Å². The predicted octanol–water partition coefficient (Wildman–Crippen LogP) is 2.97. The van der Waals surface area contributed by atoms with Crippen molar-refractivity contribution in [2.75, 3.05) is 12.4 Å². The van der Waals surface area contributed by atoms with Gasteiger partial charge in [0.25, 0.3) is 0 Å². The maximum atomic E-state index is 5.57. The van der Waals surface area contributed by atoms with Gasteiger partial charge in [-0.2, -0.15) is 0 Å². The Bertz CT molecular complexity index is 551. The van der Waals surface area contributed by atoms with Crippen LogP contribution in [0.2, 0.25) is 0 Å². The number of nitrogens with one attached hydrogen (secondary N) is 1. The molecule has 0 radical (unpaired) electrons. The topological polar surface area (TPSA) is 60.2 Å². The number of rotatable bonds is 4. The van der Waals surface area contributed by atoms with Crippen molar-refractivity contribution in [1.82, 2.24) is 4.98 Å². The molecule has 0 spiro atoms. The Balaban J connectivity index is 2.30. The normalized spacial score (nSPS) is 10.4. The maximum absolute atomic E-state index is 5.57. The van der Waals surface area contributed by atoms with Crippen LogP contribution in [0.15, 0.2) is 18.3 Å². The summed E-state index contributed by atoms with van der Waals surface area (Å²) in [4.78, 5) is 5.34. The number of anilines is 2. The van der Waals surface area contributed by atoms with Gasteiger partial charge < -0.3 is 15.8 Å². The summed E-state index contributed by atoms with van der Waals surface area (Å²) in [6.45, 7) is 4.66. The molecule has 0 saturated heterocycles. The van der Waals surface area contributed by atoms with Gasteiger partial charge in [0, 0.05) is 17.6 Å². The van der Waals surface area contributed by atoms with E-state index < -0.39 is 0 Å². The minimum Gasteiger partial charge on any atom is -0.495 e. The molecule has 1 aromatic carbocycles. The van der Waals surface area contributed by atoms with Crippen LogP contribution in [-0.2, 0) is 6.54 Å². The van der Waals surface area contributed by atoms with E-state index in [2.05, 4.69) is 30.2 Å². The van der Waals surface area contributed by atoms with Crippen molar-refractivity contribution in [3.8, 4) is 5.75 Å². The third-order valence-corrected chi connectivity index (χ3v) is 3.75. The van der Waals surface area contributed by atoms with Gasteiger partial charge in [-0.1, -0.05) is 0 Å². The van der Waals surface area contributed by atoms with Crippen LogP contribution in [0.4, 0.5) is 10.8 Å². The third-order valence-electron chi connectivity index (χ3n) is 2.81. The molecular formula is C13H17N3OS. The van der Waals surface area contributed by atoms with Crippen molar-refractivity contribution >= 4 is 22.2 Å². The van der Waals surface area contributed by atoms with Crippen LogP contribution in [0.5, 0.6) is 5.75 Å². The lowest BCUT2D eigenvalue weighted by atomic mass is 10.1. The number of methoxy groups -OCH3 is 1. The van der Waals surface area contributed by atoms with Crippen molar-refractivity contribution < 1.29 is 4.74 Å². The smallest absolute Gasteiger partial charge is 0.187 e. The van der Waals surface area contributed by atoms with Crippen molar-refractivity contribution in [3.05, 3.63) is 34.3 Å². The molecule has 18 heavy (non-hydrogen) atoms. The Labute approximate surface area is 111 Å². The second-order valence-electron chi connectivity index (χ2n) is 4.10. The predicted molar refractivity (Wildman–Crippen MR) is 75.8 cm³/mol. The number of thiazole rings is 1. The highest BCUT2D eigenvalue weighted by molar-refractivity contribution is 7.15. The minimum absolute atomic E-state index is 0.517. The molecule has 1 heterocycles. The number of hydrogen-bond acceptors (Lipinski definition) is 5. The average Bonchev–Trinajstić information content (AvgIpc) is 2.81. The summed E-state index contributed by atoms with van der Waals surface area (Å²) >= 11 is 1.55. The Morgan fingerprint density at radius 3 is 2.67 bits per heavy atom. The summed E-state index contributed by atoms with van der Waals surface area (Å²) in [5.41, 5.74) is 8.93. The highest BCUT2D eigenvalue weighted by Gasteiger charge is 2.08. The molecule has 0 amide bonds. The van der Waals surface area contributed by atoms with Gasteiger partial charge in [-0.3, -0.25) is 0 Å². The molecule has 2 aromatic rings. The van der Waals surface area contributed by atoms with Gasteiger partial charge in [-0.15, -0.1) is 11.3 Å². The van der Waals surface area contributed by atoms with Crippen molar-refractivity contribution in [2.45, 2.75) is 20.4 Å². The highest BCUT2D eigenvalue weighted by atomic mass is 32.1. The molecule has 0 fully saturated rings. The van der Waals surface area contributed by atoms with Crippen LogP contribution < -0.4 is 15.8 Å². The van der Waals surface area contributed by atoms with Gasteiger partial charge in [-0.25, -0.2) is 4.98 Å². The van der Waals surface area contributed by atoms with Crippen molar-refractivity contribution in [2.24, 2.45) is 5.73 Å². The molecule has 0 bridgehead atoms. The number of nitrogens with two attached hydrogens (primary N) is 1. The van der Waals surface area contributed by atoms with Gasteiger partial charge in [-0.05, 0) is 37.1 Å². The van der Waals surface area contributed by atoms with E-state index in [0.29, 0.717) is 6.54 Å². The first kappa shape index (κ1) is 12.9. The molecule has 2 rings (SSSR count). The number of hydrogen-bond donors (Lipinski definition) is 2. The first-order valence-corrected chi connectivity index (χ1v) is 6.52. The first-order chi connectivity index (χ1) is 8.63. The molecule has 0 aliphatic heterocycles. The van der Waals surface area contributed by atoms with Crippen LogP contribution in [0.25, 0.3) is 0 Å². The fourth-order valence-corrected chi connectivity index (χ4v) is 2.33. The van der Waals surface area contributed by atoms with Crippen LogP contribution in [0, 0.1) is 13.8 Å². The standard InChI is InChI=1S/C13H17N3OS/c1-8-4-11(12(17-3)5-9(8)2)16-13-15-7-10(6-14)18-13/h4-5,7H,6,14H2,1-3H3,(H,15,16). The zero-order valence-corrected chi connectivity index (χ0v) is 11.6. The van der Waals surface area contributed by atoms with Gasteiger partial charge in [0.1, 0.15) is 5.75 Å². The lowest BCUT2D eigenvalue weighted by Gasteiger charge is -2.12. The Morgan fingerprint density at radius 1 is 1.33 bits per heavy atom. The average molecular weight is 263 g/mol. The number of aromatic nitrogens is 1. The molecule has 0 aliphatic rings. The maximum Gasteiger partial charge on any atom is 0.187 e. The van der Waals surface area contributed by atoms with E-state index in [-0.39, 0.29) is 0 Å². The number of benzene rings is 1. The van der Waals surface area contributed by atoms with Gasteiger partial charge in [0.05, 0.1) is 12.8 Å². The van der Waals surface area contributed by atoms with E-state index in [4.69, 9.17) is 10.5 Å². The van der Waals surface area contributed by atoms with E-state index in [9.17, 15) is 0 Å². The zero-order chi connectivity index (χ0) is 13.1. The third kappa shape index (κ3) is 2.63. The molecule has 0 aliphatic carbocycles. The molecule has 0 atom stereocenters. The van der Waals surface area contributed by atoms with Crippen LogP contribution >= 0.6 is 11.3 Å². The first-order valence-electron chi connectivity index (χ1n) is 5.71. The summed E-state index contributed by atoms with van der Waals surface area (Å²) in [6, 6.07) is 4.09. The number of nitrogens with zero attached hydrogens (tertiary/aromatic N) is 1. The Hall–Kier alpha value is -1.59. The SMILES string of the molecule is COc1cc(C)c(C)cc1Nc1ncc(CN)s1. The molecule has 0 saturated carbocycles. The van der Waals surface area contributed by atoms with Gasteiger partial charge in [0.15, 0.2) is 5.13 Å². The van der Waals surface area contributed by atoms with Crippen LogP contribution in [-0.4, -0.2) is 12.1 Å². The quantitative estimate of drug-likeness (QED) is 0.890. The van der Waals surface area contributed by atoms with E-state index in [1.54, 1.807) is 24.6 Å². The number of ether oxygens (including phenoxy) is 1. The molecule has 0 unspecified atom stereocenters. The number of aryl methyl sites for hydroxylation is 2. The van der Waals surface area contributed by atoms with Crippen molar-refractivity contribution in [1.29, 1.82) is 0 Å². The second-order valence-corrected chi connectivity index (χ2v) is 5.21. The molecule has 96 valence electrons. The molecule has 4 nitrogen and oxygen atoms in total.